The summed E-state index contributed by atoms with van der Waals surface area (Å²) in [4.78, 5) is 25.1. The third-order valence-electron chi connectivity index (χ3n) is 4.74. The summed E-state index contributed by atoms with van der Waals surface area (Å²) >= 11 is 0. The minimum absolute atomic E-state index is 0.000917. The van der Waals surface area contributed by atoms with Gasteiger partial charge in [0.2, 0.25) is 15.9 Å². The van der Waals surface area contributed by atoms with Gasteiger partial charge in [0, 0.05) is 24.7 Å². The van der Waals surface area contributed by atoms with Gasteiger partial charge in [0.05, 0.1) is 18.8 Å². The van der Waals surface area contributed by atoms with Crippen LogP contribution in [0.3, 0.4) is 0 Å². The van der Waals surface area contributed by atoms with E-state index in [-0.39, 0.29) is 36.3 Å². The molecule has 9 heteroatoms. The summed E-state index contributed by atoms with van der Waals surface area (Å²) in [6.07, 6.45) is 1.82. The molecule has 1 aliphatic rings. The van der Waals surface area contributed by atoms with Gasteiger partial charge in [0.15, 0.2) is 0 Å². The van der Waals surface area contributed by atoms with E-state index in [0.717, 1.165) is 6.42 Å². The maximum absolute atomic E-state index is 12.3. The average molecular weight is 378 g/mol. The Kier molecular flexibility index (Phi) is 7.83. The van der Waals surface area contributed by atoms with Crippen LogP contribution < -0.4 is 5.32 Å². The van der Waals surface area contributed by atoms with E-state index in [1.165, 1.54) is 4.31 Å². The molecule has 25 heavy (non-hydrogen) atoms. The van der Waals surface area contributed by atoms with Gasteiger partial charge >= 0.3 is 5.97 Å². The Morgan fingerprint density at radius 1 is 1.20 bits per heavy atom. The molecule has 0 atom stereocenters. The average Bonchev–Trinajstić information content (AvgIpc) is 2.53. The zero-order valence-electron chi connectivity index (χ0n) is 15.6. The lowest BCUT2D eigenvalue weighted by Gasteiger charge is -2.37. The van der Waals surface area contributed by atoms with Crippen LogP contribution in [0.1, 0.15) is 47.0 Å². The smallest absolute Gasteiger partial charge is 0.317 e. The van der Waals surface area contributed by atoms with E-state index in [0.29, 0.717) is 25.9 Å². The van der Waals surface area contributed by atoms with Crippen LogP contribution >= 0.6 is 0 Å². The van der Waals surface area contributed by atoms with Crippen molar-refractivity contribution < 1.29 is 23.1 Å². The highest BCUT2D eigenvalue weighted by molar-refractivity contribution is 7.89. The second-order valence-corrected chi connectivity index (χ2v) is 9.37. The van der Waals surface area contributed by atoms with Crippen LogP contribution in [0.15, 0.2) is 0 Å². The van der Waals surface area contributed by atoms with Gasteiger partial charge < -0.3 is 10.4 Å². The summed E-state index contributed by atoms with van der Waals surface area (Å²) in [5, 5.41) is 12.1. The van der Waals surface area contributed by atoms with Crippen molar-refractivity contribution in [2.75, 3.05) is 31.9 Å². The van der Waals surface area contributed by atoms with Crippen LogP contribution in [0.5, 0.6) is 0 Å². The molecular formula is C16H31N3O5S. The number of hydrogen-bond acceptors (Lipinski definition) is 5. The highest BCUT2D eigenvalue weighted by Crippen LogP contribution is 2.19. The first-order valence-electron chi connectivity index (χ1n) is 8.75. The molecule has 0 aromatic rings. The third kappa shape index (κ3) is 6.91. The van der Waals surface area contributed by atoms with Crippen LogP contribution in [0.25, 0.3) is 0 Å². The molecule has 0 radical (unpaired) electrons. The fourth-order valence-corrected chi connectivity index (χ4v) is 3.98. The van der Waals surface area contributed by atoms with E-state index >= 15 is 0 Å². The Bertz CT molecular complexity index is 568. The molecule has 1 aliphatic heterocycles. The monoisotopic (exact) mass is 377 g/mol. The number of aliphatic carboxylic acids is 1. The first-order chi connectivity index (χ1) is 11.5. The van der Waals surface area contributed by atoms with Gasteiger partial charge in [0.25, 0.3) is 0 Å². The fraction of sp³-hybridized carbons (Fsp3) is 0.875. The molecule has 1 saturated heterocycles. The molecule has 0 bridgehead atoms. The molecule has 1 fully saturated rings. The summed E-state index contributed by atoms with van der Waals surface area (Å²) in [5.41, 5.74) is -0.343. The van der Waals surface area contributed by atoms with Gasteiger partial charge in [-0.15, -0.1) is 0 Å². The van der Waals surface area contributed by atoms with Crippen molar-refractivity contribution in [1.82, 2.24) is 14.5 Å². The van der Waals surface area contributed by atoms with Crippen molar-refractivity contribution in [2.24, 2.45) is 0 Å². The summed E-state index contributed by atoms with van der Waals surface area (Å²) in [5.74, 6) is -1.15. The standard InChI is InChI=1S/C16H31N3O5S/c1-5-16(3,4)17-14(20)11-18(12-15(21)22)13-7-9-19(10-8-13)25(23,24)6-2/h13H,5-12H2,1-4H3,(H,17,20)(H,21,22). The molecule has 1 heterocycles. The molecule has 0 saturated carbocycles. The number of nitrogens with zero attached hydrogens (tertiary/aromatic N) is 2. The topological polar surface area (TPSA) is 107 Å². The fourth-order valence-electron chi connectivity index (χ4n) is 2.85. The molecule has 2 N–H and O–H groups in total. The zero-order valence-corrected chi connectivity index (χ0v) is 16.4. The molecule has 1 amide bonds. The van der Waals surface area contributed by atoms with Crippen LogP contribution in [-0.4, -0.2) is 78.1 Å². The van der Waals surface area contributed by atoms with Gasteiger partial charge in [-0.3, -0.25) is 14.5 Å². The highest BCUT2D eigenvalue weighted by atomic mass is 32.2. The number of carboxylic acid groups (broad SMARTS) is 1. The predicted molar refractivity (Wildman–Crippen MR) is 95.8 cm³/mol. The van der Waals surface area contributed by atoms with E-state index in [4.69, 9.17) is 5.11 Å². The van der Waals surface area contributed by atoms with Crippen LogP contribution in [0.4, 0.5) is 0 Å². The van der Waals surface area contributed by atoms with Crippen LogP contribution in [-0.2, 0) is 19.6 Å². The number of carbonyl (C=O) groups excluding carboxylic acids is 1. The number of carbonyl (C=O) groups is 2. The number of rotatable bonds is 9. The summed E-state index contributed by atoms with van der Waals surface area (Å²) in [6, 6.07) is -0.116. The van der Waals surface area contributed by atoms with E-state index in [9.17, 15) is 18.0 Å². The first-order valence-corrected chi connectivity index (χ1v) is 10.4. The van der Waals surface area contributed by atoms with Crippen LogP contribution in [0, 0.1) is 0 Å². The normalized spacial score (nSPS) is 17.6. The molecule has 0 spiro atoms. The Morgan fingerprint density at radius 3 is 2.20 bits per heavy atom. The number of hydrogen-bond donors (Lipinski definition) is 2. The lowest BCUT2D eigenvalue weighted by molar-refractivity contribution is -0.139. The zero-order chi connectivity index (χ0) is 19.3. The SMILES string of the molecule is CCC(C)(C)NC(=O)CN(CC(=O)O)C1CCN(S(=O)(=O)CC)CC1. The van der Waals surface area contributed by atoms with Crippen molar-refractivity contribution in [3.8, 4) is 0 Å². The quantitative estimate of drug-likeness (QED) is 0.606. The minimum Gasteiger partial charge on any atom is -0.480 e. The third-order valence-corrected chi connectivity index (χ3v) is 6.63. The maximum atomic E-state index is 12.3. The highest BCUT2D eigenvalue weighted by Gasteiger charge is 2.32. The van der Waals surface area contributed by atoms with Crippen LogP contribution in [0.2, 0.25) is 0 Å². The number of amides is 1. The molecule has 0 unspecified atom stereocenters. The number of piperidine rings is 1. The van der Waals surface area contributed by atoms with Crippen molar-refractivity contribution in [1.29, 1.82) is 0 Å². The molecule has 0 aromatic heterocycles. The van der Waals surface area contributed by atoms with Crippen molar-refractivity contribution in [3.63, 3.8) is 0 Å². The molecule has 1 rings (SSSR count). The van der Waals surface area contributed by atoms with E-state index in [1.54, 1.807) is 11.8 Å². The van der Waals surface area contributed by atoms with E-state index < -0.39 is 16.0 Å². The van der Waals surface area contributed by atoms with E-state index in [1.807, 2.05) is 20.8 Å². The molecule has 146 valence electrons. The minimum atomic E-state index is -3.22. The molecule has 8 nitrogen and oxygen atoms in total. The Morgan fingerprint density at radius 2 is 1.76 bits per heavy atom. The summed E-state index contributed by atoms with van der Waals surface area (Å²) in [7, 11) is -3.22. The number of nitrogens with one attached hydrogen (secondary N) is 1. The largest absolute Gasteiger partial charge is 0.480 e. The Hall–Kier alpha value is -1.19. The van der Waals surface area contributed by atoms with E-state index in [2.05, 4.69) is 5.32 Å². The number of sulfonamides is 1. The molecular weight excluding hydrogens is 346 g/mol. The van der Waals surface area contributed by atoms with Gasteiger partial charge in [-0.25, -0.2) is 12.7 Å². The summed E-state index contributed by atoms with van der Waals surface area (Å²) < 4.78 is 25.3. The molecule has 0 aliphatic carbocycles. The second kappa shape index (κ2) is 8.95. The van der Waals surface area contributed by atoms with Crippen molar-refractivity contribution in [3.05, 3.63) is 0 Å². The van der Waals surface area contributed by atoms with Gasteiger partial charge in [0.1, 0.15) is 0 Å². The maximum Gasteiger partial charge on any atom is 0.317 e. The van der Waals surface area contributed by atoms with Gasteiger partial charge in [-0.1, -0.05) is 6.92 Å². The van der Waals surface area contributed by atoms with Gasteiger partial charge in [-0.2, -0.15) is 0 Å². The van der Waals surface area contributed by atoms with Gasteiger partial charge in [-0.05, 0) is 40.0 Å². The molecule has 0 aromatic carbocycles. The lowest BCUT2D eigenvalue weighted by Crippen LogP contribution is -2.53. The van der Waals surface area contributed by atoms with Crippen molar-refractivity contribution in [2.45, 2.75) is 58.5 Å². The Labute approximate surface area is 150 Å². The van der Waals surface area contributed by atoms with Crippen molar-refractivity contribution >= 4 is 21.9 Å². The lowest BCUT2D eigenvalue weighted by atomic mass is 10.0. The Balaban J connectivity index is 2.71. The predicted octanol–water partition coefficient (Wildman–Crippen LogP) is 0.492. The summed E-state index contributed by atoms with van der Waals surface area (Å²) in [6.45, 7) is 7.91. The second-order valence-electron chi connectivity index (χ2n) is 7.12. The first kappa shape index (κ1) is 21.9. The number of carboxylic acids is 1.